The summed E-state index contributed by atoms with van der Waals surface area (Å²) in [7, 11) is 4.62. The Labute approximate surface area is 211 Å². The van der Waals surface area contributed by atoms with E-state index in [0.29, 0.717) is 35.8 Å². The number of ether oxygens (including phenoxy) is 6. The first-order valence-corrected chi connectivity index (χ1v) is 11.5. The van der Waals surface area contributed by atoms with Crippen molar-refractivity contribution in [2.45, 2.75) is 33.6 Å². The fraction of sp³-hybridized carbons (Fsp3) is 0.444. The third-order valence-electron chi connectivity index (χ3n) is 5.59. The Morgan fingerprint density at radius 3 is 1.42 bits per heavy atom. The van der Waals surface area contributed by atoms with Crippen molar-refractivity contribution in [3.05, 3.63) is 47.5 Å². The standard InChI is InChI=1S/C27H34O9/c1-17(28)34-15-22(11-20-7-9-24(31-4)26(13-20)32-5)23(16-35-18(2)29)12-21-8-10-25(36-19(3)30)27(14-21)33-6/h7-10,13-14,22-23H,11-12,15-16H2,1-6H3. The van der Waals surface area contributed by atoms with Gasteiger partial charge in [-0.05, 0) is 48.2 Å². The molecule has 0 saturated carbocycles. The van der Waals surface area contributed by atoms with Crippen molar-refractivity contribution in [3.8, 4) is 23.0 Å². The number of carbonyl (C=O) groups is 3. The first-order valence-electron chi connectivity index (χ1n) is 11.5. The Morgan fingerprint density at radius 1 is 0.611 bits per heavy atom. The maximum Gasteiger partial charge on any atom is 0.308 e. The molecule has 2 aromatic rings. The molecule has 0 aliphatic rings. The van der Waals surface area contributed by atoms with Gasteiger partial charge in [0.2, 0.25) is 0 Å². The van der Waals surface area contributed by atoms with Crippen LogP contribution >= 0.6 is 0 Å². The van der Waals surface area contributed by atoms with E-state index in [9.17, 15) is 14.4 Å². The van der Waals surface area contributed by atoms with Crippen LogP contribution in [0.1, 0.15) is 31.9 Å². The Kier molecular flexibility index (Phi) is 11.1. The van der Waals surface area contributed by atoms with E-state index in [2.05, 4.69) is 0 Å². The normalized spacial score (nSPS) is 12.2. The summed E-state index contributed by atoms with van der Waals surface area (Å²) >= 11 is 0. The van der Waals surface area contributed by atoms with Crippen LogP contribution in [0.25, 0.3) is 0 Å². The van der Waals surface area contributed by atoms with Crippen LogP contribution in [0.3, 0.4) is 0 Å². The van der Waals surface area contributed by atoms with Gasteiger partial charge in [0.1, 0.15) is 0 Å². The summed E-state index contributed by atoms with van der Waals surface area (Å²) in [5.41, 5.74) is 1.82. The van der Waals surface area contributed by atoms with Gasteiger partial charge in [-0.15, -0.1) is 0 Å². The van der Waals surface area contributed by atoms with Crippen LogP contribution in [0.2, 0.25) is 0 Å². The summed E-state index contributed by atoms with van der Waals surface area (Å²) < 4.78 is 32.1. The molecule has 0 radical (unpaired) electrons. The second-order valence-corrected chi connectivity index (χ2v) is 8.30. The van der Waals surface area contributed by atoms with Gasteiger partial charge in [-0.1, -0.05) is 12.1 Å². The molecule has 0 amide bonds. The van der Waals surface area contributed by atoms with Crippen LogP contribution in [-0.4, -0.2) is 52.5 Å². The molecule has 0 heterocycles. The highest BCUT2D eigenvalue weighted by Crippen LogP contribution is 2.33. The molecule has 0 aromatic heterocycles. The van der Waals surface area contributed by atoms with E-state index >= 15 is 0 Å². The summed E-state index contributed by atoms with van der Waals surface area (Å²) in [4.78, 5) is 34.7. The van der Waals surface area contributed by atoms with Gasteiger partial charge in [-0.3, -0.25) is 14.4 Å². The summed E-state index contributed by atoms with van der Waals surface area (Å²) in [6, 6.07) is 10.9. The summed E-state index contributed by atoms with van der Waals surface area (Å²) in [6.45, 7) is 4.29. The molecule has 0 N–H and O–H groups in total. The van der Waals surface area contributed by atoms with E-state index in [4.69, 9.17) is 28.4 Å². The quantitative estimate of drug-likeness (QED) is 0.299. The van der Waals surface area contributed by atoms with Crippen molar-refractivity contribution in [2.75, 3.05) is 34.5 Å². The van der Waals surface area contributed by atoms with Crippen LogP contribution in [-0.2, 0) is 36.7 Å². The van der Waals surface area contributed by atoms with E-state index in [0.717, 1.165) is 11.1 Å². The van der Waals surface area contributed by atoms with Crippen molar-refractivity contribution >= 4 is 17.9 Å². The van der Waals surface area contributed by atoms with Crippen molar-refractivity contribution in [2.24, 2.45) is 11.8 Å². The lowest BCUT2D eigenvalue weighted by atomic mass is 9.83. The zero-order chi connectivity index (χ0) is 26.7. The molecular formula is C27H34O9. The van der Waals surface area contributed by atoms with Crippen molar-refractivity contribution in [3.63, 3.8) is 0 Å². The SMILES string of the molecule is COc1ccc(CC(COC(C)=O)C(COC(C)=O)Cc2ccc(OC(C)=O)c(OC)c2)cc1OC. The van der Waals surface area contributed by atoms with Crippen LogP contribution in [0.4, 0.5) is 0 Å². The predicted molar refractivity (Wildman–Crippen MR) is 132 cm³/mol. The fourth-order valence-corrected chi connectivity index (χ4v) is 3.86. The predicted octanol–water partition coefficient (Wildman–Crippen LogP) is 3.78. The summed E-state index contributed by atoms with van der Waals surface area (Å²) in [5, 5.41) is 0. The van der Waals surface area contributed by atoms with Gasteiger partial charge in [0.15, 0.2) is 23.0 Å². The Morgan fingerprint density at radius 2 is 1.03 bits per heavy atom. The number of methoxy groups -OCH3 is 3. The average molecular weight is 503 g/mol. The summed E-state index contributed by atoms with van der Waals surface area (Å²) in [6.07, 6.45) is 1.02. The number of esters is 3. The highest BCUT2D eigenvalue weighted by Gasteiger charge is 2.26. The van der Waals surface area contributed by atoms with Crippen LogP contribution in [0, 0.1) is 11.8 Å². The zero-order valence-corrected chi connectivity index (χ0v) is 21.6. The largest absolute Gasteiger partial charge is 0.493 e. The molecule has 0 saturated heterocycles. The third kappa shape index (κ3) is 8.79. The molecule has 0 bridgehead atoms. The van der Waals surface area contributed by atoms with Crippen LogP contribution < -0.4 is 18.9 Å². The smallest absolute Gasteiger partial charge is 0.308 e. The molecule has 36 heavy (non-hydrogen) atoms. The minimum absolute atomic E-state index is 0.128. The Balaban J connectivity index is 2.38. The molecule has 196 valence electrons. The van der Waals surface area contributed by atoms with Crippen molar-refractivity contribution in [1.82, 2.24) is 0 Å². The first kappa shape index (κ1) is 28.5. The monoisotopic (exact) mass is 502 g/mol. The van der Waals surface area contributed by atoms with Gasteiger partial charge in [-0.2, -0.15) is 0 Å². The van der Waals surface area contributed by atoms with E-state index in [1.54, 1.807) is 26.4 Å². The highest BCUT2D eigenvalue weighted by atomic mass is 16.6. The highest BCUT2D eigenvalue weighted by molar-refractivity contribution is 5.70. The lowest BCUT2D eigenvalue weighted by Crippen LogP contribution is -2.29. The van der Waals surface area contributed by atoms with Crippen LogP contribution in [0.5, 0.6) is 23.0 Å². The van der Waals surface area contributed by atoms with Gasteiger partial charge in [0, 0.05) is 32.6 Å². The number of rotatable bonds is 13. The molecule has 9 heteroatoms. The van der Waals surface area contributed by atoms with Crippen LogP contribution in [0.15, 0.2) is 36.4 Å². The molecule has 0 aliphatic carbocycles. The number of benzene rings is 2. The second-order valence-electron chi connectivity index (χ2n) is 8.30. The molecule has 0 aliphatic heterocycles. The van der Waals surface area contributed by atoms with E-state index in [-0.39, 0.29) is 25.0 Å². The number of carbonyl (C=O) groups excluding carboxylic acids is 3. The first-order chi connectivity index (χ1) is 17.2. The molecule has 0 spiro atoms. The van der Waals surface area contributed by atoms with E-state index in [1.807, 2.05) is 24.3 Å². The molecular weight excluding hydrogens is 468 g/mol. The maximum atomic E-state index is 11.6. The van der Waals surface area contributed by atoms with Gasteiger partial charge in [0.25, 0.3) is 0 Å². The summed E-state index contributed by atoms with van der Waals surface area (Å²) in [5.74, 6) is 0.266. The second kappa shape index (κ2) is 14.0. The van der Waals surface area contributed by atoms with Crippen molar-refractivity contribution < 1.29 is 42.8 Å². The van der Waals surface area contributed by atoms with E-state index < -0.39 is 17.9 Å². The minimum atomic E-state index is -0.454. The maximum absolute atomic E-state index is 11.6. The molecule has 2 unspecified atom stereocenters. The van der Waals surface area contributed by atoms with Gasteiger partial charge >= 0.3 is 17.9 Å². The average Bonchev–Trinajstić information content (AvgIpc) is 2.84. The molecule has 2 rings (SSSR count). The molecule has 0 fully saturated rings. The Hall–Kier alpha value is -3.75. The van der Waals surface area contributed by atoms with Gasteiger partial charge in [0.05, 0.1) is 34.5 Å². The van der Waals surface area contributed by atoms with Gasteiger partial charge in [-0.25, -0.2) is 0 Å². The lowest BCUT2D eigenvalue weighted by Gasteiger charge is -2.27. The van der Waals surface area contributed by atoms with Crippen molar-refractivity contribution in [1.29, 1.82) is 0 Å². The number of hydrogen-bond donors (Lipinski definition) is 0. The topological polar surface area (TPSA) is 107 Å². The minimum Gasteiger partial charge on any atom is -0.493 e. The molecule has 2 atom stereocenters. The van der Waals surface area contributed by atoms with E-state index in [1.165, 1.54) is 27.9 Å². The molecule has 2 aromatic carbocycles. The lowest BCUT2D eigenvalue weighted by molar-refractivity contribution is -0.147. The Bertz CT molecular complexity index is 1050. The van der Waals surface area contributed by atoms with Gasteiger partial charge < -0.3 is 28.4 Å². The third-order valence-corrected chi connectivity index (χ3v) is 5.59. The fourth-order valence-electron chi connectivity index (χ4n) is 3.86. The molecule has 9 nitrogen and oxygen atoms in total. The number of hydrogen-bond acceptors (Lipinski definition) is 9. The zero-order valence-electron chi connectivity index (χ0n) is 21.6.